The number of rotatable bonds is 6. The van der Waals surface area contributed by atoms with Gasteiger partial charge in [-0.05, 0) is 67.8 Å². The highest BCUT2D eigenvalue weighted by Crippen LogP contribution is 2.25. The second-order valence-electron chi connectivity index (χ2n) is 8.71. The molecule has 1 aliphatic rings. The zero-order chi connectivity index (χ0) is 24.9. The fourth-order valence-corrected chi connectivity index (χ4v) is 4.09. The van der Waals surface area contributed by atoms with Crippen molar-refractivity contribution in [1.29, 1.82) is 0 Å². The lowest BCUT2D eigenvalue weighted by Gasteiger charge is -2.29. The molecule has 4 heterocycles. The van der Waals surface area contributed by atoms with Gasteiger partial charge in [0, 0.05) is 48.3 Å². The predicted molar refractivity (Wildman–Crippen MR) is 138 cm³/mol. The number of aromatic nitrogens is 4. The van der Waals surface area contributed by atoms with E-state index >= 15 is 0 Å². The average Bonchev–Trinajstić information content (AvgIpc) is 2.91. The Kier molecular flexibility index (Phi) is 6.79. The molecule has 9 heteroatoms. The standard InChI is InChI=1S/C27H26FN7O/c1-18-6-8-22(14-24(18)34-27-30-12-10-23(33-27)19-4-2-11-29-15-19)32-26(36)20-7-9-25(31-16-20)35-13-3-5-21(28)17-35/h2,4,6-12,14-16,21H,3,5,13,17H2,1H3,(H,32,36)(H,30,33,34). The van der Waals surface area contributed by atoms with E-state index in [1.807, 2.05) is 48.2 Å². The summed E-state index contributed by atoms with van der Waals surface area (Å²) < 4.78 is 13.7. The van der Waals surface area contributed by atoms with Gasteiger partial charge in [0.15, 0.2) is 0 Å². The van der Waals surface area contributed by atoms with Crippen molar-refractivity contribution in [3.8, 4) is 11.3 Å². The average molecular weight is 484 g/mol. The van der Waals surface area contributed by atoms with Gasteiger partial charge in [-0.25, -0.2) is 19.3 Å². The molecule has 0 spiro atoms. The van der Waals surface area contributed by atoms with E-state index in [4.69, 9.17) is 0 Å². The number of nitrogens with zero attached hydrogens (tertiary/aromatic N) is 5. The minimum absolute atomic E-state index is 0.277. The van der Waals surface area contributed by atoms with Crippen LogP contribution in [-0.4, -0.2) is 45.1 Å². The van der Waals surface area contributed by atoms with Crippen LogP contribution in [0.1, 0.15) is 28.8 Å². The Morgan fingerprint density at radius 1 is 1.08 bits per heavy atom. The smallest absolute Gasteiger partial charge is 0.257 e. The molecule has 0 bridgehead atoms. The molecule has 5 rings (SSSR count). The highest BCUT2D eigenvalue weighted by Gasteiger charge is 2.20. The zero-order valence-corrected chi connectivity index (χ0v) is 19.9. The molecule has 1 unspecified atom stereocenters. The molecule has 1 atom stereocenters. The monoisotopic (exact) mass is 483 g/mol. The van der Waals surface area contributed by atoms with Gasteiger partial charge in [0.2, 0.25) is 5.95 Å². The van der Waals surface area contributed by atoms with Gasteiger partial charge in [0.25, 0.3) is 5.91 Å². The zero-order valence-electron chi connectivity index (χ0n) is 19.9. The van der Waals surface area contributed by atoms with Gasteiger partial charge in [-0.15, -0.1) is 0 Å². The third kappa shape index (κ3) is 5.46. The molecule has 8 nitrogen and oxygen atoms in total. The summed E-state index contributed by atoms with van der Waals surface area (Å²) in [6.07, 6.45) is 7.23. The number of carbonyl (C=O) groups is 1. The third-order valence-corrected chi connectivity index (χ3v) is 6.05. The van der Waals surface area contributed by atoms with E-state index in [-0.39, 0.29) is 5.91 Å². The number of hydrogen-bond donors (Lipinski definition) is 2. The molecule has 1 aliphatic heterocycles. The number of pyridine rings is 2. The number of aryl methyl sites for hydroxylation is 1. The summed E-state index contributed by atoms with van der Waals surface area (Å²) in [5.74, 6) is 0.848. The summed E-state index contributed by atoms with van der Waals surface area (Å²) >= 11 is 0. The molecule has 1 amide bonds. The SMILES string of the molecule is Cc1ccc(NC(=O)c2ccc(N3CCCC(F)C3)nc2)cc1Nc1nccc(-c2cccnc2)n1. The van der Waals surface area contributed by atoms with E-state index in [9.17, 15) is 9.18 Å². The van der Waals surface area contributed by atoms with Gasteiger partial charge < -0.3 is 15.5 Å². The summed E-state index contributed by atoms with van der Waals surface area (Å²) in [6, 6.07) is 14.7. The van der Waals surface area contributed by atoms with Crippen molar-refractivity contribution in [2.75, 3.05) is 28.6 Å². The van der Waals surface area contributed by atoms with E-state index in [1.54, 1.807) is 30.7 Å². The van der Waals surface area contributed by atoms with Crippen molar-refractivity contribution >= 4 is 29.0 Å². The fraction of sp³-hybridized carbons (Fsp3) is 0.222. The lowest BCUT2D eigenvalue weighted by molar-refractivity contribution is 0.102. The number of benzene rings is 1. The summed E-state index contributed by atoms with van der Waals surface area (Å²) in [5.41, 5.74) is 4.44. The quantitative estimate of drug-likeness (QED) is 0.390. The van der Waals surface area contributed by atoms with E-state index in [2.05, 4.69) is 30.6 Å². The number of carbonyl (C=O) groups excluding carboxylic acids is 1. The van der Waals surface area contributed by atoms with Crippen LogP contribution >= 0.6 is 0 Å². The Morgan fingerprint density at radius 3 is 2.78 bits per heavy atom. The maximum atomic E-state index is 13.7. The number of alkyl halides is 1. The maximum Gasteiger partial charge on any atom is 0.257 e. The van der Waals surface area contributed by atoms with Crippen molar-refractivity contribution in [3.05, 3.63) is 84.4 Å². The van der Waals surface area contributed by atoms with Crippen LogP contribution in [0.25, 0.3) is 11.3 Å². The van der Waals surface area contributed by atoms with Crippen LogP contribution in [0.3, 0.4) is 0 Å². The number of hydrogen-bond acceptors (Lipinski definition) is 7. The first-order valence-corrected chi connectivity index (χ1v) is 11.8. The molecule has 1 fully saturated rings. The number of anilines is 4. The van der Waals surface area contributed by atoms with E-state index < -0.39 is 6.17 Å². The molecule has 0 saturated carbocycles. The minimum Gasteiger partial charge on any atom is -0.354 e. The van der Waals surface area contributed by atoms with Crippen molar-refractivity contribution in [2.45, 2.75) is 25.9 Å². The molecule has 36 heavy (non-hydrogen) atoms. The first-order valence-electron chi connectivity index (χ1n) is 11.8. The van der Waals surface area contributed by atoms with Gasteiger partial charge >= 0.3 is 0 Å². The van der Waals surface area contributed by atoms with Crippen LogP contribution in [0.4, 0.5) is 27.5 Å². The van der Waals surface area contributed by atoms with E-state index in [1.165, 1.54) is 6.20 Å². The summed E-state index contributed by atoms with van der Waals surface area (Å²) in [5, 5.41) is 6.15. The highest BCUT2D eigenvalue weighted by molar-refractivity contribution is 6.04. The predicted octanol–water partition coefficient (Wildman–Crippen LogP) is 5.18. The molecular formula is C27H26FN7O. The highest BCUT2D eigenvalue weighted by atomic mass is 19.1. The molecule has 182 valence electrons. The Bertz CT molecular complexity index is 1350. The van der Waals surface area contributed by atoms with Gasteiger partial charge in [-0.3, -0.25) is 9.78 Å². The van der Waals surface area contributed by atoms with Crippen molar-refractivity contribution in [2.24, 2.45) is 0 Å². The molecule has 0 aliphatic carbocycles. The summed E-state index contributed by atoms with van der Waals surface area (Å²) in [6.45, 7) is 3.07. The molecular weight excluding hydrogens is 457 g/mol. The van der Waals surface area contributed by atoms with Crippen LogP contribution in [0.2, 0.25) is 0 Å². The van der Waals surface area contributed by atoms with Crippen molar-refractivity contribution < 1.29 is 9.18 Å². The molecule has 1 saturated heterocycles. The van der Waals surface area contributed by atoms with Crippen LogP contribution < -0.4 is 15.5 Å². The number of halogens is 1. The van der Waals surface area contributed by atoms with Crippen LogP contribution in [0.5, 0.6) is 0 Å². The Morgan fingerprint density at radius 2 is 2.00 bits per heavy atom. The maximum absolute atomic E-state index is 13.7. The lowest BCUT2D eigenvalue weighted by atomic mass is 10.1. The van der Waals surface area contributed by atoms with Gasteiger partial charge in [-0.2, -0.15) is 0 Å². The molecule has 1 aromatic carbocycles. The Balaban J connectivity index is 1.28. The second-order valence-corrected chi connectivity index (χ2v) is 8.71. The molecule has 0 radical (unpaired) electrons. The largest absolute Gasteiger partial charge is 0.354 e. The van der Waals surface area contributed by atoms with Crippen molar-refractivity contribution in [3.63, 3.8) is 0 Å². The number of amides is 1. The van der Waals surface area contributed by atoms with Crippen LogP contribution in [-0.2, 0) is 0 Å². The van der Waals surface area contributed by atoms with Crippen LogP contribution in [0, 0.1) is 6.92 Å². The Hall–Kier alpha value is -4.40. The summed E-state index contributed by atoms with van der Waals surface area (Å²) in [4.78, 5) is 32.2. The number of piperidine rings is 1. The lowest BCUT2D eigenvalue weighted by Crippen LogP contribution is -2.36. The first kappa shape index (κ1) is 23.3. The first-order chi connectivity index (χ1) is 17.5. The minimum atomic E-state index is -0.837. The van der Waals surface area contributed by atoms with Crippen molar-refractivity contribution in [1.82, 2.24) is 19.9 Å². The van der Waals surface area contributed by atoms with Gasteiger partial charge in [0.1, 0.15) is 12.0 Å². The van der Waals surface area contributed by atoms with E-state index in [0.717, 1.165) is 35.5 Å². The fourth-order valence-electron chi connectivity index (χ4n) is 4.09. The topological polar surface area (TPSA) is 95.9 Å². The van der Waals surface area contributed by atoms with Gasteiger partial charge in [0.05, 0.1) is 17.8 Å². The summed E-state index contributed by atoms with van der Waals surface area (Å²) in [7, 11) is 0. The molecule has 2 N–H and O–H groups in total. The molecule has 3 aromatic heterocycles. The van der Waals surface area contributed by atoms with Gasteiger partial charge in [-0.1, -0.05) is 6.07 Å². The van der Waals surface area contributed by atoms with Crippen LogP contribution in [0.15, 0.2) is 73.3 Å². The second kappa shape index (κ2) is 10.5. The normalized spacial score (nSPS) is 15.4. The third-order valence-electron chi connectivity index (χ3n) is 6.05. The number of nitrogens with one attached hydrogen (secondary N) is 2. The van der Waals surface area contributed by atoms with E-state index in [0.29, 0.717) is 36.0 Å². The Labute approximate surface area is 208 Å². The molecule has 4 aromatic rings.